The van der Waals surface area contributed by atoms with Crippen LogP contribution in [0.1, 0.15) is 36.9 Å². The van der Waals surface area contributed by atoms with E-state index < -0.39 is 23.6 Å². The fourth-order valence-corrected chi connectivity index (χ4v) is 3.28. The lowest BCUT2D eigenvalue weighted by Crippen LogP contribution is -2.39. The van der Waals surface area contributed by atoms with Crippen LogP contribution >= 0.6 is 0 Å². The Kier molecular flexibility index (Phi) is 6.43. The second-order valence-corrected chi connectivity index (χ2v) is 6.82. The molecule has 0 bridgehead atoms. The molecule has 0 aromatic heterocycles. The minimum Gasteiger partial charge on any atom is -0.482 e. The molecule has 1 N–H and O–H groups in total. The number of carbonyl (C=O) groups excluding carboxylic acids is 2. The van der Waals surface area contributed by atoms with Crippen LogP contribution < -0.4 is 10.1 Å². The average molecular weight is 398 g/mol. The maximum Gasteiger partial charge on any atom is 0.344 e. The zero-order chi connectivity index (χ0) is 20.8. The number of nitro benzene ring substituents is 1. The van der Waals surface area contributed by atoms with Crippen LogP contribution in [0, 0.1) is 10.1 Å². The summed E-state index contributed by atoms with van der Waals surface area (Å²) in [4.78, 5) is 34.5. The van der Waals surface area contributed by atoms with Crippen molar-refractivity contribution in [2.24, 2.45) is 0 Å². The molecule has 8 heteroatoms. The molecule has 0 unspecified atom stereocenters. The highest BCUT2D eigenvalue weighted by Gasteiger charge is 2.25. The zero-order valence-electron chi connectivity index (χ0n) is 16.0. The lowest BCUT2D eigenvalue weighted by atomic mass is 9.87. The maximum atomic E-state index is 12.4. The van der Waals surface area contributed by atoms with Crippen molar-refractivity contribution in [2.45, 2.75) is 38.3 Å². The third-order valence-corrected chi connectivity index (χ3v) is 4.77. The van der Waals surface area contributed by atoms with Crippen molar-refractivity contribution in [3.05, 3.63) is 69.8 Å². The standard InChI is InChI=1S/C21H22N2O6/c1-14(21(25)22-19-8-4-6-15-5-2-3-7-18(15)19)29-20(24)13-28-17-11-9-16(10-12-17)23(26)27/h2-3,5,7,9-12,14,19H,4,6,8,13H2,1H3,(H,22,25)/t14-,19+/m0/s1. The van der Waals surface area contributed by atoms with E-state index in [-0.39, 0.29) is 17.6 Å². The second-order valence-electron chi connectivity index (χ2n) is 6.82. The number of non-ortho nitro benzene ring substituents is 1. The Morgan fingerprint density at radius 2 is 1.93 bits per heavy atom. The average Bonchev–Trinajstić information content (AvgIpc) is 2.72. The molecule has 0 radical (unpaired) electrons. The molecule has 29 heavy (non-hydrogen) atoms. The van der Waals surface area contributed by atoms with Crippen LogP contribution in [-0.2, 0) is 20.7 Å². The van der Waals surface area contributed by atoms with Gasteiger partial charge in [-0.05, 0) is 49.4 Å². The quantitative estimate of drug-likeness (QED) is 0.436. The van der Waals surface area contributed by atoms with Crippen molar-refractivity contribution >= 4 is 17.6 Å². The van der Waals surface area contributed by atoms with Gasteiger partial charge in [-0.2, -0.15) is 0 Å². The van der Waals surface area contributed by atoms with E-state index in [1.165, 1.54) is 36.8 Å². The van der Waals surface area contributed by atoms with E-state index in [1.54, 1.807) is 0 Å². The number of benzene rings is 2. The van der Waals surface area contributed by atoms with Gasteiger partial charge in [0.1, 0.15) is 5.75 Å². The molecule has 2 aromatic rings. The summed E-state index contributed by atoms with van der Waals surface area (Å²) in [5.74, 6) is -0.770. The molecule has 0 fully saturated rings. The summed E-state index contributed by atoms with van der Waals surface area (Å²) < 4.78 is 10.4. The summed E-state index contributed by atoms with van der Waals surface area (Å²) in [6.45, 7) is 1.11. The molecule has 1 amide bonds. The Morgan fingerprint density at radius 1 is 1.21 bits per heavy atom. The molecule has 0 saturated carbocycles. The van der Waals surface area contributed by atoms with Gasteiger partial charge in [0.2, 0.25) is 0 Å². The first-order valence-electron chi connectivity index (χ1n) is 9.39. The van der Waals surface area contributed by atoms with Crippen LogP contribution in [0.4, 0.5) is 5.69 Å². The van der Waals surface area contributed by atoms with E-state index in [0.717, 1.165) is 24.8 Å². The van der Waals surface area contributed by atoms with Crippen LogP contribution in [-0.4, -0.2) is 29.5 Å². The Labute approximate surface area is 168 Å². The fraction of sp³-hybridized carbons (Fsp3) is 0.333. The van der Waals surface area contributed by atoms with Crippen molar-refractivity contribution in [3.63, 3.8) is 0 Å². The number of carbonyl (C=O) groups is 2. The second kappa shape index (κ2) is 9.18. The summed E-state index contributed by atoms with van der Waals surface area (Å²) in [7, 11) is 0. The number of hydrogen-bond donors (Lipinski definition) is 1. The summed E-state index contributed by atoms with van der Waals surface area (Å²) in [6.07, 6.45) is 1.86. The lowest BCUT2D eigenvalue weighted by molar-refractivity contribution is -0.384. The van der Waals surface area contributed by atoms with Gasteiger partial charge in [0.15, 0.2) is 12.7 Å². The van der Waals surface area contributed by atoms with Gasteiger partial charge >= 0.3 is 5.97 Å². The normalized spacial score (nSPS) is 16.2. The fourth-order valence-electron chi connectivity index (χ4n) is 3.28. The van der Waals surface area contributed by atoms with Crippen LogP contribution in [0.15, 0.2) is 48.5 Å². The molecule has 152 valence electrons. The van der Waals surface area contributed by atoms with E-state index >= 15 is 0 Å². The summed E-state index contributed by atoms with van der Waals surface area (Å²) in [5.41, 5.74) is 2.26. The Morgan fingerprint density at radius 3 is 2.66 bits per heavy atom. The van der Waals surface area contributed by atoms with Gasteiger partial charge in [-0.3, -0.25) is 14.9 Å². The van der Waals surface area contributed by atoms with E-state index in [2.05, 4.69) is 11.4 Å². The van der Waals surface area contributed by atoms with Crippen molar-refractivity contribution in [3.8, 4) is 5.75 Å². The number of rotatable bonds is 7. The molecular weight excluding hydrogens is 376 g/mol. The Hall–Kier alpha value is -3.42. The number of nitro groups is 1. The lowest BCUT2D eigenvalue weighted by Gasteiger charge is -2.27. The predicted molar refractivity (Wildman–Crippen MR) is 104 cm³/mol. The first-order valence-corrected chi connectivity index (χ1v) is 9.39. The van der Waals surface area contributed by atoms with Gasteiger partial charge in [0.05, 0.1) is 11.0 Å². The summed E-state index contributed by atoms with van der Waals surface area (Å²) in [5, 5.41) is 13.6. The molecule has 3 rings (SSSR count). The molecule has 2 aromatic carbocycles. The van der Waals surface area contributed by atoms with Gasteiger partial charge in [-0.25, -0.2) is 4.79 Å². The van der Waals surface area contributed by atoms with Gasteiger partial charge in [-0.15, -0.1) is 0 Å². The molecule has 1 aliphatic rings. The number of hydrogen-bond acceptors (Lipinski definition) is 6. The number of nitrogens with one attached hydrogen (secondary N) is 1. The zero-order valence-corrected chi connectivity index (χ0v) is 16.0. The monoisotopic (exact) mass is 398 g/mol. The minimum absolute atomic E-state index is 0.0745. The van der Waals surface area contributed by atoms with Crippen LogP contribution in [0.3, 0.4) is 0 Å². The van der Waals surface area contributed by atoms with Gasteiger partial charge in [-0.1, -0.05) is 24.3 Å². The Balaban J connectivity index is 1.48. The SMILES string of the molecule is C[C@H](OC(=O)COc1ccc([N+](=O)[O-])cc1)C(=O)N[C@@H]1CCCc2ccccc21. The van der Waals surface area contributed by atoms with Crippen LogP contribution in [0.2, 0.25) is 0 Å². The number of nitrogens with zero attached hydrogens (tertiary/aromatic N) is 1. The number of esters is 1. The molecule has 0 aliphatic heterocycles. The molecule has 8 nitrogen and oxygen atoms in total. The van der Waals surface area contributed by atoms with E-state index in [1.807, 2.05) is 18.2 Å². The van der Waals surface area contributed by atoms with Crippen LogP contribution in [0.5, 0.6) is 5.75 Å². The smallest absolute Gasteiger partial charge is 0.344 e. The third kappa shape index (κ3) is 5.31. The van der Waals surface area contributed by atoms with Crippen LogP contribution in [0.25, 0.3) is 0 Å². The third-order valence-electron chi connectivity index (χ3n) is 4.77. The van der Waals surface area contributed by atoms with Crippen molar-refractivity contribution in [1.29, 1.82) is 0 Å². The first kappa shape index (κ1) is 20.3. The topological polar surface area (TPSA) is 108 Å². The predicted octanol–water partition coefficient (Wildman–Crippen LogP) is 3.10. The van der Waals surface area contributed by atoms with Gasteiger partial charge in [0.25, 0.3) is 11.6 Å². The molecule has 0 heterocycles. The highest BCUT2D eigenvalue weighted by atomic mass is 16.6. The van der Waals surface area contributed by atoms with Crippen molar-refractivity contribution in [1.82, 2.24) is 5.32 Å². The van der Waals surface area contributed by atoms with E-state index in [9.17, 15) is 19.7 Å². The molecule has 1 aliphatic carbocycles. The molecule has 0 spiro atoms. The van der Waals surface area contributed by atoms with Gasteiger partial charge in [0, 0.05) is 12.1 Å². The molecule has 2 atom stereocenters. The van der Waals surface area contributed by atoms with Gasteiger partial charge < -0.3 is 14.8 Å². The number of fused-ring (bicyclic) bond motifs is 1. The minimum atomic E-state index is -0.961. The molecule has 0 saturated heterocycles. The highest BCUT2D eigenvalue weighted by molar-refractivity contribution is 5.84. The van der Waals surface area contributed by atoms with Crippen molar-refractivity contribution < 1.29 is 24.0 Å². The number of ether oxygens (including phenoxy) is 2. The number of aryl methyl sites for hydroxylation is 1. The first-order chi connectivity index (χ1) is 13.9. The Bertz CT molecular complexity index is 896. The summed E-state index contributed by atoms with van der Waals surface area (Å²) in [6, 6.07) is 13.2. The van der Waals surface area contributed by atoms with Crippen molar-refractivity contribution in [2.75, 3.05) is 6.61 Å². The summed E-state index contributed by atoms with van der Waals surface area (Å²) >= 11 is 0. The van der Waals surface area contributed by atoms with E-state index in [4.69, 9.17) is 9.47 Å². The maximum absolute atomic E-state index is 12.4. The largest absolute Gasteiger partial charge is 0.482 e. The van der Waals surface area contributed by atoms with E-state index in [0.29, 0.717) is 5.75 Å². The highest BCUT2D eigenvalue weighted by Crippen LogP contribution is 2.29. The number of amides is 1. The molecular formula is C21H22N2O6.